The highest BCUT2D eigenvalue weighted by atomic mass is 32.2. The lowest BCUT2D eigenvalue weighted by molar-refractivity contribution is -0.141. The van der Waals surface area contributed by atoms with Crippen LogP contribution in [0.5, 0.6) is 0 Å². The first-order valence-corrected chi connectivity index (χ1v) is 20.8. The zero-order valence-electron chi connectivity index (χ0n) is 31.0. The van der Waals surface area contributed by atoms with Crippen molar-refractivity contribution in [2.24, 2.45) is 11.3 Å². The van der Waals surface area contributed by atoms with Crippen LogP contribution in [0.15, 0.2) is 36.4 Å². The quantitative estimate of drug-likeness (QED) is 0.383. The van der Waals surface area contributed by atoms with Crippen LogP contribution in [0, 0.1) is 11.3 Å². The normalized spacial score (nSPS) is 30.6. The lowest BCUT2D eigenvalue weighted by Crippen LogP contribution is -2.58. The lowest BCUT2D eigenvalue weighted by atomic mass is 9.88. The molecule has 6 aliphatic rings. The monoisotopic (exact) mass is 765 g/mol. The molecule has 1 aromatic carbocycles. The van der Waals surface area contributed by atoms with Crippen molar-refractivity contribution in [2.75, 3.05) is 13.2 Å². The topological polar surface area (TPSA) is 181 Å². The van der Waals surface area contributed by atoms with Gasteiger partial charge in [-0.2, -0.15) is 0 Å². The van der Waals surface area contributed by atoms with Gasteiger partial charge in [0.15, 0.2) is 0 Å². The number of amides is 5. The predicted molar refractivity (Wildman–Crippen MR) is 198 cm³/mol. The van der Waals surface area contributed by atoms with Crippen molar-refractivity contribution in [3.8, 4) is 0 Å². The van der Waals surface area contributed by atoms with Crippen LogP contribution in [0.1, 0.15) is 101 Å². The maximum absolute atomic E-state index is 14.5. The van der Waals surface area contributed by atoms with Crippen LogP contribution in [-0.4, -0.2) is 90.3 Å². The summed E-state index contributed by atoms with van der Waals surface area (Å²) in [7, 11) is -3.90. The minimum atomic E-state index is -3.90. The maximum atomic E-state index is 14.5. The molecule has 5 bridgehead atoms. The molecule has 4 heterocycles. The molecule has 1 aromatic rings. The van der Waals surface area contributed by atoms with E-state index in [9.17, 15) is 32.4 Å². The summed E-state index contributed by atoms with van der Waals surface area (Å²) in [6, 6.07) is 3.75. The Bertz CT molecular complexity index is 1860. The first kappa shape index (κ1) is 37.9. The number of fused-ring (bicyclic) bond motifs is 4. The molecule has 3 fully saturated rings. The van der Waals surface area contributed by atoms with Gasteiger partial charge >= 0.3 is 12.2 Å². The summed E-state index contributed by atoms with van der Waals surface area (Å²) in [6.45, 7) is 4.74. The number of allylic oxidation sites excluding steroid dienone is 2. The van der Waals surface area contributed by atoms with Crippen LogP contribution >= 0.6 is 0 Å². The fourth-order valence-corrected chi connectivity index (χ4v) is 9.36. The molecule has 54 heavy (non-hydrogen) atoms. The average molecular weight is 766 g/mol. The van der Waals surface area contributed by atoms with Crippen molar-refractivity contribution < 1.29 is 41.9 Å². The Morgan fingerprint density at radius 3 is 2.61 bits per heavy atom. The number of hydrogen-bond donors (Lipinski definition) is 3. The maximum Gasteiger partial charge on any atom is 0.410 e. The van der Waals surface area contributed by atoms with E-state index in [2.05, 4.69) is 27.5 Å². The molecule has 15 heteroatoms. The molecule has 4 aliphatic heterocycles. The number of rotatable bonds is 3. The van der Waals surface area contributed by atoms with Gasteiger partial charge in [-0.3, -0.25) is 24.0 Å². The summed E-state index contributed by atoms with van der Waals surface area (Å²) in [5.74, 6) is -2.45. The SMILES string of the molecule is CC1(C)CCC=Cc2cccc3c2CN(C3)C(=O)O[C@@H]2C[C@H]3C(=O)N[C@]4(C(=O)NS(=O)(=O)C5CC5)C[C@H]4C=CCCCCC[C@H](NC(=O)OC1)C(=O)N3C2. The molecule has 5 atom stereocenters. The molecule has 5 amide bonds. The number of carbonyl (C=O) groups excluding carboxylic acids is 5. The van der Waals surface area contributed by atoms with E-state index in [-0.39, 0.29) is 31.4 Å². The molecule has 14 nitrogen and oxygen atoms in total. The second-order valence-corrected chi connectivity index (χ2v) is 18.4. The summed E-state index contributed by atoms with van der Waals surface area (Å²) in [4.78, 5) is 72.3. The molecular formula is C39H51N5O9S. The van der Waals surface area contributed by atoms with Crippen molar-refractivity contribution in [1.82, 2.24) is 25.2 Å². The highest BCUT2D eigenvalue weighted by Crippen LogP contribution is 2.46. The number of hydrogen-bond acceptors (Lipinski definition) is 9. The molecular weight excluding hydrogens is 715 g/mol. The summed E-state index contributed by atoms with van der Waals surface area (Å²) in [5, 5.41) is 4.97. The van der Waals surface area contributed by atoms with Crippen molar-refractivity contribution in [1.29, 1.82) is 0 Å². The third-order valence-corrected chi connectivity index (χ3v) is 13.4. The number of cyclic esters (lactones) is 1. The number of carbonyl (C=O) groups is 5. The van der Waals surface area contributed by atoms with Crippen LogP contribution in [0.2, 0.25) is 0 Å². The smallest absolute Gasteiger partial charge is 0.410 e. The molecule has 0 unspecified atom stereocenters. The molecule has 0 radical (unpaired) electrons. The van der Waals surface area contributed by atoms with Gasteiger partial charge in [0.1, 0.15) is 23.7 Å². The zero-order chi connectivity index (χ0) is 38.3. The summed E-state index contributed by atoms with van der Waals surface area (Å²) < 4.78 is 39.5. The number of nitrogens with one attached hydrogen (secondary N) is 3. The minimum Gasteiger partial charge on any atom is -0.449 e. The van der Waals surface area contributed by atoms with E-state index in [4.69, 9.17) is 9.47 Å². The third-order valence-electron chi connectivity index (χ3n) is 11.6. The molecule has 2 aliphatic carbocycles. The van der Waals surface area contributed by atoms with Gasteiger partial charge in [-0.15, -0.1) is 0 Å². The molecule has 2 saturated carbocycles. The van der Waals surface area contributed by atoms with Gasteiger partial charge < -0.3 is 25.0 Å². The number of ether oxygens (including phenoxy) is 2. The summed E-state index contributed by atoms with van der Waals surface area (Å²) in [5.41, 5.74) is 1.16. The fourth-order valence-electron chi connectivity index (χ4n) is 8.00. The van der Waals surface area contributed by atoms with E-state index in [1.165, 1.54) is 4.90 Å². The van der Waals surface area contributed by atoms with Crippen molar-refractivity contribution in [2.45, 2.75) is 127 Å². The second kappa shape index (κ2) is 15.0. The van der Waals surface area contributed by atoms with Crippen molar-refractivity contribution >= 4 is 46.0 Å². The van der Waals surface area contributed by atoms with Crippen molar-refractivity contribution in [3.05, 3.63) is 53.1 Å². The number of benzene rings is 1. The number of sulfonamides is 1. The van der Waals surface area contributed by atoms with Crippen LogP contribution in [0.3, 0.4) is 0 Å². The Hall–Kier alpha value is -4.40. The lowest BCUT2D eigenvalue weighted by Gasteiger charge is -2.30. The highest BCUT2D eigenvalue weighted by molar-refractivity contribution is 7.91. The number of nitrogens with zero attached hydrogens (tertiary/aromatic N) is 2. The molecule has 3 N–H and O–H groups in total. The van der Waals surface area contributed by atoms with Gasteiger partial charge in [0, 0.05) is 18.9 Å². The van der Waals surface area contributed by atoms with Crippen LogP contribution in [0.25, 0.3) is 6.08 Å². The van der Waals surface area contributed by atoms with Crippen LogP contribution in [-0.2, 0) is 47.0 Å². The standard InChI is InChI=1S/C39H51N5O9S/c1-38(2)18-9-8-11-25-12-10-13-26-21-43(23-30(25)26)37(49)53-28-19-32-33(45)41-39(35(47)42-54(50,51)29-16-17-29)20-27(39)14-6-4-3-5-7-15-31(34(46)44(32)22-28)40-36(48)52-24-38/h6,8,10-14,27-29,31-32H,3-5,7,9,15-24H2,1-2H3,(H,40,48)(H,41,45)(H,42,47)/t27-,28-,31+,32+,39-/m1/s1. The Balaban J connectivity index is 1.18. The van der Waals surface area contributed by atoms with Gasteiger partial charge in [0.2, 0.25) is 21.8 Å². The minimum absolute atomic E-state index is 0.0535. The Morgan fingerprint density at radius 2 is 1.81 bits per heavy atom. The molecule has 0 aromatic heterocycles. The Morgan fingerprint density at radius 1 is 1.00 bits per heavy atom. The van der Waals surface area contributed by atoms with E-state index in [0.717, 1.165) is 42.4 Å². The Labute approximate surface area is 316 Å². The fraction of sp³-hybridized carbons (Fsp3) is 0.615. The second-order valence-electron chi connectivity index (χ2n) is 16.5. The van der Waals surface area contributed by atoms with Gasteiger partial charge in [-0.25, -0.2) is 18.0 Å². The van der Waals surface area contributed by atoms with Crippen molar-refractivity contribution in [3.63, 3.8) is 0 Å². The summed E-state index contributed by atoms with van der Waals surface area (Å²) >= 11 is 0. The molecule has 7 rings (SSSR count). The van der Waals surface area contributed by atoms with Gasteiger partial charge in [0.25, 0.3) is 5.91 Å². The van der Waals surface area contributed by atoms with E-state index in [0.29, 0.717) is 45.2 Å². The van der Waals surface area contributed by atoms with E-state index in [1.807, 2.05) is 44.2 Å². The van der Waals surface area contributed by atoms with Crippen LogP contribution in [0.4, 0.5) is 9.59 Å². The largest absolute Gasteiger partial charge is 0.449 e. The summed E-state index contributed by atoms with van der Waals surface area (Å²) in [6.07, 6.45) is 11.4. The molecule has 0 spiro atoms. The molecule has 292 valence electrons. The van der Waals surface area contributed by atoms with E-state index < -0.39 is 74.8 Å². The van der Waals surface area contributed by atoms with E-state index >= 15 is 0 Å². The Kier molecular flexibility index (Phi) is 10.5. The molecule has 1 saturated heterocycles. The van der Waals surface area contributed by atoms with Gasteiger partial charge in [-0.05, 0) is 73.5 Å². The predicted octanol–water partition coefficient (Wildman–Crippen LogP) is 4.04. The zero-order valence-corrected chi connectivity index (χ0v) is 31.8. The average Bonchev–Trinajstić information content (AvgIpc) is 4.01. The third kappa shape index (κ3) is 8.30. The number of alkyl carbamates (subject to hydrolysis) is 1. The first-order valence-electron chi connectivity index (χ1n) is 19.3. The highest BCUT2D eigenvalue weighted by Gasteiger charge is 2.62. The first-order chi connectivity index (χ1) is 25.7. The van der Waals surface area contributed by atoms with Gasteiger partial charge in [-0.1, -0.05) is 69.2 Å². The van der Waals surface area contributed by atoms with Crippen LogP contribution < -0.4 is 15.4 Å². The van der Waals surface area contributed by atoms with Gasteiger partial charge in [0.05, 0.1) is 24.9 Å². The van der Waals surface area contributed by atoms with E-state index in [1.54, 1.807) is 4.90 Å².